The monoisotopic (exact) mass is 387 g/mol. The highest BCUT2D eigenvalue weighted by atomic mass is 79.9. The number of amides is 1. The summed E-state index contributed by atoms with van der Waals surface area (Å²) in [7, 11) is 0. The second-order valence-corrected chi connectivity index (χ2v) is 6.76. The van der Waals surface area contributed by atoms with E-state index in [9.17, 15) is 9.59 Å². The molecule has 0 bridgehead atoms. The van der Waals surface area contributed by atoms with E-state index < -0.39 is 0 Å². The number of halogens is 1. The van der Waals surface area contributed by atoms with Gasteiger partial charge in [0.1, 0.15) is 0 Å². The van der Waals surface area contributed by atoms with E-state index in [-0.39, 0.29) is 24.9 Å². The van der Waals surface area contributed by atoms with Crippen molar-refractivity contribution >= 4 is 33.5 Å². The fraction of sp³-hybridized carbons (Fsp3) is 0.263. The zero-order chi connectivity index (χ0) is 16.9. The number of benzene rings is 2. The van der Waals surface area contributed by atoms with Gasteiger partial charge in [-0.05, 0) is 60.2 Å². The number of nitrogens with one attached hydrogen (secondary N) is 1. The number of anilines is 1. The van der Waals surface area contributed by atoms with Crippen LogP contribution in [0.2, 0.25) is 0 Å². The Kier molecular flexibility index (Phi) is 5.30. The van der Waals surface area contributed by atoms with Crippen LogP contribution in [-0.4, -0.2) is 18.5 Å². The average molecular weight is 388 g/mol. The highest BCUT2D eigenvalue weighted by molar-refractivity contribution is 9.10. The zero-order valence-corrected chi connectivity index (χ0v) is 14.8. The summed E-state index contributed by atoms with van der Waals surface area (Å²) in [6, 6.07) is 13.3. The third-order valence-electron chi connectivity index (χ3n) is 4.00. The van der Waals surface area contributed by atoms with Gasteiger partial charge in [0, 0.05) is 10.2 Å². The maximum Gasteiger partial charge on any atom is 0.310 e. The molecule has 124 valence electrons. The molecule has 2 aromatic carbocycles. The van der Waals surface area contributed by atoms with E-state index in [1.807, 2.05) is 18.2 Å². The van der Waals surface area contributed by atoms with Crippen molar-refractivity contribution in [3.8, 4) is 0 Å². The van der Waals surface area contributed by atoms with Crippen LogP contribution < -0.4 is 5.32 Å². The fourth-order valence-corrected chi connectivity index (χ4v) is 3.09. The molecule has 0 fully saturated rings. The summed E-state index contributed by atoms with van der Waals surface area (Å²) in [5.41, 5.74) is 4.31. The van der Waals surface area contributed by atoms with Crippen LogP contribution in [0.5, 0.6) is 0 Å². The summed E-state index contributed by atoms with van der Waals surface area (Å²) in [5.74, 6) is -0.737. The zero-order valence-electron chi connectivity index (χ0n) is 13.2. The van der Waals surface area contributed by atoms with E-state index in [0.29, 0.717) is 5.69 Å². The summed E-state index contributed by atoms with van der Waals surface area (Å²) < 4.78 is 5.99. The lowest BCUT2D eigenvalue weighted by molar-refractivity contribution is -0.146. The second-order valence-electron chi connectivity index (χ2n) is 5.85. The van der Waals surface area contributed by atoms with Crippen LogP contribution >= 0.6 is 15.9 Å². The van der Waals surface area contributed by atoms with Crippen LogP contribution in [-0.2, 0) is 33.6 Å². The molecule has 5 heteroatoms. The third-order valence-corrected chi connectivity index (χ3v) is 4.53. The second kappa shape index (κ2) is 7.62. The first kappa shape index (κ1) is 16.7. The Morgan fingerprint density at radius 2 is 1.79 bits per heavy atom. The molecule has 0 saturated carbocycles. The molecule has 0 aliphatic heterocycles. The van der Waals surface area contributed by atoms with Gasteiger partial charge in [-0.15, -0.1) is 0 Å². The van der Waals surface area contributed by atoms with Crippen LogP contribution in [0.15, 0.2) is 46.9 Å². The molecule has 2 aromatic rings. The van der Waals surface area contributed by atoms with Crippen LogP contribution in [0, 0.1) is 0 Å². The van der Waals surface area contributed by atoms with Crippen LogP contribution in [0.3, 0.4) is 0 Å². The first-order chi connectivity index (χ1) is 11.6. The van der Waals surface area contributed by atoms with Crippen LogP contribution in [0.25, 0.3) is 0 Å². The van der Waals surface area contributed by atoms with Gasteiger partial charge in [-0.1, -0.05) is 34.1 Å². The Morgan fingerprint density at radius 1 is 1.04 bits per heavy atom. The molecule has 4 nitrogen and oxygen atoms in total. The normalized spacial score (nSPS) is 12.5. The van der Waals surface area contributed by atoms with Crippen molar-refractivity contribution in [2.45, 2.75) is 25.7 Å². The molecule has 0 unspecified atom stereocenters. The van der Waals surface area contributed by atoms with E-state index in [4.69, 9.17) is 4.74 Å². The van der Waals surface area contributed by atoms with Gasteiger partial charge >= 0.3 is 5.97 Å². The van der Waals surface area contributed by atoms with Crippen molar-refractivity contribution in [3.05, 3.63) is 63.6 Å². The molecule has 0 aromatic heterocycles. The van der Waals surface area contributed by atoms with Gasteiger partial charge in [0.25, 0.3) is 5.91 Å². The highest BCUT2D eigenvalue weighted by Crippen LogP contribution is 2.23. The number of hydrogen-bond acceptors (Lipinski definition) is 3. The summed E-state index contributed by atoms with van der Waals surface area (Å²) in [6.07, 6.45) is 3.57. The topological polar surface area (TPSA) is 55.4 Å². The summed E-state index contributed by atoms with van der Waals surface area (Å²) in [5, 5.41) is 2.69. The van der Waals surface area contributed by atoms with E-state index in [2.05, 4.69) is 33.4 Å². The fourth-order valence-electron chi connectivity index (χ4n) is 2.83. The number of hydrogen-bond donors (Lipinski definition) is 1. The molecule has 1 aliphatic rings. The largest absolute Gasteiger partial charge is 0.455 e. The molecular formula is C19H18BrNO3. The first-order valence-corrected chi connectivity index (χ1v) is 8.71. The van der Waals surface area contributed by atoms with Crippen molar-refractivity contribution < 1.29 is 14.3 Å². The molecule has 0 spiro atoms. The molecule has 0 atom stereocenters. The Morgan fingerprint density at radius 3 is 2.58 bits per heavy atom. The van der Waals surface area contributed by atoms with Crippen LogP contribution in [0.1, 0.15) is 23.1 Å². The lowest BCUT2D eigenvalue weighted by Gasteiger charge is -2.08. The number of esters is 1. The molecule has 0 radical (unpaired) electrons. The first-order valence-electron chi connectivity index (χ1n) is 7.92. The summed E-state index contributed by atoms with van der Waals surface area (Å²) in [6.45, 7) is -0.278. The average Bonchev–Trinajstić information content (AvgIpc) is 3.03. The number of aryl methyl sites for hydroxylation is 2. The van der Waals surface area contributed by atoms with Crippen LogP contribution in [0.4, 0.5) is 5.69 Å². The summed E-state index contributed by atoms with van der Waals surface area (Å²) >= 11 is 3.33. The maximum atomic E-state index is 11.9. The third kappa shape index (κ3) is 4.45. The molecular weight excluding hydrogens is 370 g/mol. The number of carbonyl (C=O) groups is 2. The Bertz CT molecular complexity index is 756. The highest BCUT2D eigenvalue weighted by Gasteiger charge is 2.13. The number of fused-ring (bicyclic) bond motifs is 1. The number of ether oxygens (including phenoxy) is 1. The van der Waals surface area contributed by atoms with Gasteiger partial charge in [-0.25, -0.2) is 0 Å². The minimum absolute atomic E-state index is 0.193. The molecule has 1 aliphatic carbocycles. The molecule has 3 rings (SSSR count). The van der Waals surface area contributed by atoms with E-state index in [1.165, 1.54) is 17.5 Å². The molecule has 24 heavy (non-hydrogen) atoms. The van der Waals surface area contributed by atoms with E-state index in [0.717, 1.165) is 22.9 Å². The van der Waals surface area contributed by atoms with Gasteiger partial charge in [-0.3, -0.25) is 9.59 Å². The van der Waals surface area contributed by atoms with E-state index in [1.54, 1.807) is 12.1 Å². The standard InChI is InChI=1S/C19H18BrNO3/c20-16-6-8-17(9-7-16)21-18(22)12-24-19(23)11-13-4-5-14-2-1-3-15(14)10-13/h4-10H,1-3,11-12H2,(H,21,22). The number of rotatable bonds is 5. The van der Waals surface area contributed by atoms with Gasteiger partial charge in [0.05, 0.1) is 6.42 Å². The Labute approximate surface area is 149 Å². The minimum Gasteiger partial charge on any atom is -0.455 e. The predicted molar refractivity (Wildman–Crippen MR) is 95.9 cm³/mol. The van der Waals surface area contributed by atoms with Gasteiger partial charge in [0.15, 0.2) is 6.61 Å². The van der Waals surface area contributed by atoms with Crippen molar-refractivity contribution in [1.29, 1.82) is 0 Å². The SMILES string of the molecule is O=C(COC(=O)Cc1ccc2c(c1)CCC2)Nc1ccc(Br)cc1. The molecule has 0 saturated heterocycles. The van der Waals surface area contributed by atoms with Gasteiger partial charge in [0.2, 0.25) is 0 Å². The molecule has 1 amide bonds. The maximum absolute atomic E-state index is 11.9. The van der Waals surface area contributed by atoms with E-state index >= 15 is 0 Å². The van der Waals surface area contributed by atoms with Crippen molar-refractivity contribution in [1.82, 2.24) is 0 Å². The van der Waals surface area contributed by atoms with Crippen molar-refractivity contribution in [2.75, 3.05) is 11.9 Å². The molecule has 1 N–H and O–H groups in total. The van der Waals surface area contributed by atoms with Crippen molar-refractivity contribution in [3.63, 3.8) is 0 Å². The van der Waals surface area contributed by atoms with Crippen molar-refractivity contribution in [2.24, 2.45) is 0 Å². The number of carbonyl (C=O) groups excluding carboxylic acids is 2. The lowest BCUT2D eigenvalue weighted by atomic mass is 10.0. The Balaban J connectivity index is 1.46. The van der Waals surface area contributed by atoms with Gasteiger partial charge in [-0.2, -0.15) is 0 Å². The lowest BCUT2D eigenvalue weighted by Crippen LogP contribution is -2.21. The summed E-state index contributed by atoms with van der Waals surface area (Å²) in [4.78, 5) is 23.7. The smallest absolute Gasteiger partial charge is 0.310 e. The Hall–Kier alpha value is -2.14. The minimum atomic E-state index is -0.390. The van der Waals surface area contributed by atoms with Gasteiger partial charge < -0.3 is 10.1 Å². The predicted octanol–water partition coefficient (Wildman–Crippen LogP) is 3.66. The molecule has 0 heterocycles. The quantitative estimate of drug-likeness (QED) is 0.796.